The second kappa shape index (κ2) is 4.42. The van der Waals surface area contributed by atoms with Crippen LogP contribution in [0.3, 0.4) is 0 Å². The lowest BCUT2D eigenvalue weighted by atomic mass is 10.2. The van der Waals surface area contributed by atoms with E-state index in [-0.39, 0.29) is 0 Å². The molecular formula is C11H23OSi. The molecule has 0 aliphatic rings. The van der Waals surface area contributed by atoms with Crippen molar-refractivity contribution >= 4 is 8.32 Å². The summed E-state index contributed by atoms with van der Waals surface area (Å²) in [6.45, 7) is 19.6. The van der Waals surface area contributed by atoms with Crippen LogP contribution in [0.1, 0.15) is 34.1 Å². The molecule has 0 N–H and O–H groups in total. The molecule has 0 aromatic heterocycles. The van der Waals surface area contributed by atoms with E-state index in [1.165, 1.54) is 0 Å². The molecular weight excluding hydrogens is 176 g/mol. The van der Waals surface area contributed by atoms with Gasteiger partial charge in [-0.05, 0) is 31.5 Å². The summed E-state index contributed by atoms with van der Waals surface area (Å²) in [5.41, 5.74) is 0.957. The second-order valence-corrected chi connectivity index (χ2v) is 10.0. The van der Waals surface area contributed by atoms with E-state index in [1.807, 2.05) is 6.92 Å². The van der Waals surface area contributed by atoms with Crippen molar-refractivity contribution in [3.05, 3.63) is 12.2 Å². The molecule has 0 spiro atoms. The molecule has 0 atom stereocenters. The molecule has 0 aromatic carbocycles. The summed E-state index contributed by atoms with van der Waals surface area (Å²) < 4.78 is 5.94. The molecule has 0 aromatic rings. The van der Waals surface area contributed by atoms with Crippen molar-refractivity contribution in [1.82, 2.24) is 0 Å². The quantitative estimate of drug-likeness (QED) is 0.626. The van der Waals surface area contributed by atoms with Gasteiger partial charge in [0.2, 0.25) is 0 Å². The Morgan fingerprint density at radius 1 is 1.31 bits per heavy atom. The van der Waals surface area contributed by atoms with Crippen molar-refractivity contribution in [2.24, 2.45) is 0 Å². The summed E-state index contributed by atoms with van der Waals surface area (Å²) >= 11 is 0. The topological polar surface area (TPSA) is 9.23 Å². The van der Waals surface area contributed by atoms with Crippen LogP contribution in [-0.4, -0.2) is 14.9 Å². The van der Waals surface area contributed by atoms with Crippen molar-refractivity contribution in [3.63, 3.8) is 0 Å². The smallest absolute Gasteiger partial charge is 0.191 e. The first-order valence-electron chi connectivity index (χ1n) is 4.89. The molecule has 0 amide bonds. The summed E-state index contributed by atoms with van der Waals surface area (Å²) in [4.78, 5) is 0. The molecule has 0 fully saturated rings. The Hall–Kier alpha value is -0.0831. The van der Waals surface area contributed by atoms with Crippen molar-refractivity contribution < 1.29 is 4.43 Å². The minimum absolute atomic E-state index is 0.301. The zero-order valence-electron chi connectivity index (χ0n) is 9.90. The fraction of sp³-hybridized carbons (Fsp3) is 0.818. The minimum atomic E-state index is -1.54. The summed E-state index contributed by atoms with van der Waals surface area (Å²) in [5, 5.41) is 0.301. The monoisotopic (exact) mass is 199 g/mol. The first kappa shape index (κ1) is 12.9. The molecule has 1 radical (unpaired) electrons. The maximum Gasteiger partial charge on any atom is 0.191 e. The summed E-state index contributed by atoms with van der Waals surface area (Å²) in [6.07, 6.45) is 0.881. The van der Waals surface area contributed by atoms with Gasteiger partial charge in [-0.3, -0.25) is 0 Å². The zero-order valence-corrected chi connectivity index (χ0v) is 10.9. The van der Waals surface area contributed by atoms with E-state index < -0.39 is 8.32 Å². The van der Waals surface area contributed by atoms with Gasteiger partial charge in [-0.15, -0.1) is 0 Å². The summed E-state index contributed by atoms with van der Waals surface area (Å²) in [5.74, 6) is 0. The van der Waals surface area contributed by atoms with Gasteiger partial charge in [0.15, 0.2) is 8.32 Å². The number of hydrogen-bond donors (Lipinski definition) is 0. The van der Waals surface area contributed by atoms with Crippen molar-refractivity contribution in [2.75, 3.05) is 6.61 Å². The van der Waals surface area contributed by atoms with Crippen LogP contribution in [-0.2, 0) is 4.43 Å². The third-order valence-corrected chi connectivity index (χ3v) is 7.30. The Kier molecular flexibility index (Phi) is 4.40. The molecule has 0 saturated heterocycles. The Bertz CT molecular complexity index is 177. The van der Waals surface area contributed by atoms with Gasteiger partial charge in [0.05, 0.1) is 0 Å². The molecule has 0 saturated carbocycles. The van der Waals surface area contributed by atoms with Crippen LogP contribution in [0.25, 0.3) is 0 Å². The maximum atomic E-state index is 5.94. The molecule has 77 valence electrons. The maximum absolute atomic E-state index is 5.94. The van der Waals surface area contributed by atoms with Gasteiger partial charge in [0, 0.05) is 6.61 Å². The van der Waals surface area contributed by atoms with Crippen LogP contribution in [0.5, 0.6) is 0 Å². The SMILES string of the molecule is [CH]=C(C)CCO[Si](C)(C)C(C)(C)C. The molecule has 0 unspecified atom stereocenters. The lowest BCUT2D eigenvalue weighted by Crippen LogP contribution is -2.40. The van der Waals surface area contributed by atoms with E-state index in [2.05, 4.69) is 33.9 Å². The van der Waals surface area contributed by atoms with Gasteiger partial charge in [-0.2, -0.15) is 0 Å². The first-order valence-corrected chi connectivity index (χ1v) is 7.79. The van der Waals surface area contributed by atoms with Gasteiger partial charge in [0.1, 0.15) is 0 Å². The predicted octanol–water partition coefficient (Wildman–Crippen LogP) is 3.78. The van der Waals surface area contributed by atoms with Crippen LogP contribution in [0.2, 0.25) is 18.1 Å². The molecule has 0 aliphatic heterocycles. The van der Waals surface area contributed by atoms with Gasteiger partial charge in [-0.25, -0.2) is 0 Å². The Balaban J connectivity index is 3.97. The zero-order chi connectivity index (χ0) is 10.7. The normalized spacial score (nSPS) is 13.1. The fourth-order valence-corrected chi connectivity index (χ4v) is 1.73. The lowest BCUT2D eigenvalue weighted by Gasteiger charge is -2.36. The Morgan fingerprint density at radius 2 is 1.77 bits per heavy atom. The van der Waals surface area contributed by atoms with E-state index in [9.17, 15) is 0 Å². The van der Waals surface area contributed by atoms with Gasteiger partial charge >= 0.3 is 0 Å². The molecule has 0 heterocycles. The van der Waals surface area contributed by atoms with Crippen LogP contribution in [0.15, 0.2) is 5.57 Å². The molecule has 0 aliphatic carbocycles. The van der Waals surface area contributed by atoms with Gasteiger partial charge in [0.25, 0.3) is 0 Å². The van der Waals surface area contributed by atoms with Crippen molar-refractivity contribution in [2.45, 2.75) is 52.2 Å². The minimum Gasteiger partial charge on any atom is -0.417 e. The van der Waals surface area contributed by atoms with E-state index in [0.717, 1.165) is 18.6 Å². The van der Waals surface area contributed by atoms with Gasteiger partial charge < -0.3 is 4.43 Å². The van der Waals surface area contributed by atoms with E-state index in [0.29, 0.717) is 5.04 Å². The second-order valence-electron chi connectivity index (χ2n) is 5.21. The highest BCUT2D eigenvalue weighted by atomic mass is 28.4. The first-order chi connectivity index (χ1) is 5.67. The van der Waals surface area contributed by atoms with Crippen LogP contribution < -0.4 is 0 Å². The molecule has 2 heteroatoms. The number of rotatable bonds is 4. The molecule has 0 rings (SSSR count). The number of hydrogen-bond acceptors (Lipinski definition) is 1. The Morgan fingerprint density at radius 3 is 2.08 bits per heavy atom. The average molecular weight is 199 g/mol. The average Bonchev–Trinajstić information content (AvgIpc) is 1.82. The third-order valence-electron chi connectivity index (χ3n) is 2.77. The summed E-state index contributed by atoms with van der Waals surface area (Å²) in [6, 6.07) is 0. The van der Waals surface area contributed by atoms with E-state index in [1.54, 1.807) is 0 Å². The standard InChI is InChI=1S/C11H23OSi/c1-10(2)8-9-12-13(6,7)11(3,4)5/h1H,8-9H2,2-7H3. The van der Waals surface area contributed by atoms with Crippen LogP contribution >= 0.6 is 0 Å². The third kappa shape index (κ3) is 4.63. The van der Waals surface area contributed by atoms with Crippen molar-refractivity contribution in [1.29, 1.82) is 0 Å². The van der Waals surface area contributed by atoms with Gasteiger partial charge in [-0.1, -0.05) is 32.9 Å². The Labute approximate surface area is 84.3 Å². The summed E-state index contributed by atoms with van der Waals surface area (Å²) in [7, 11) is -1.54. The largest absolute Gasteiger partial charge is 0.417 e. The highest BCUT2D eigenvalue weighted by Gasteiger charge is 2.36. The van der Waals surface area contributed by atoms with E-state index >= 15 is 0 Å². The predicted molar refractivity (Wildman–Crippen MR) is 61.3 cm³/mol. The van der Waals surface area contributed by atoms with Crippen LogP contribution in [0.4, 0.5) is 0 Å². The lowest BCUT2D eigenvalue weighted by molar-refractivity contribution is 0.291. The fourth-order valence-electron chi connectivity index (χ4n) is 0.684. The highest BCUT2D eigenvalue weighted by Crippen LogP contribution is 2.36. The van der Waals surface area contributed by atoms with Crippen LogP contribution in [0, 0.1) is 6.58 Å². The van der Waals surface area contributed by atoms with Crippen molar-refractivity contribution in [3.8, 4) is 0 Å². The molecule has 1 nitrogen and oxygen atoms in total. The van der Waals surface area contributed by atoms with E-state index in [4.69, 9.17) is 11.0 Å². The highest BCUT2D eigenvalue weighted by molar-refractivity contribution is 6.74. The molecule has 0 bridgehead atoms. The molecule has 13 heavy (non-hydrogen) atoms.